The number of aryl methyl sites for hydroxylation is 1. The third-order valence-corrected chi connectivity index (χ3v) is 6.09. The van der Waals surface area contributed by atoms with E-state index in [0.717, 1.165) is 28.0 Å². The third kappa shape index (κ3) is 3.00. The maximum absolute atomic E-state index is 5.13. The number of hydrogen-bond donors (Lipinski definition) is 0. The summed E-state index contributed by atoms with van der Waals surface area (Å²) in [5.41, 5.74) is 9.16. The van der Waals surface area contributed by atoms with Gasteiger partial charge in [-0.2, -0.15) is 5.10 Å². The van der Waals surface area contributed by atoms with E-state index in [4.69, 9.17) is 5.10 Å². The topological polar surface area (TPSA) is 17.3 Å². The van der Waals surface area contributed by atoms with Crippen LogP contribution >= 0.6 is 0 Å². The molecule has 0 N–H and O–H groups in total. The molecule has 2 aromatic heterocycles. The molecule has 152 valence electrons. The highest BCUT2D eigenvalue weighted by Gasteiger charge is 2.19. The Morgan fingerprint density at radius 3 is 1.84 bits per heavy atom. The van der Waals surface area contributed by atoms with Crippen LogP contribution in [0.1, 0.15) is 5.56 Å². The molecule has 0 amide bonds. The summed E-state index contributed by atoms with van der Waals surface area (Å²) in [6.07, 6.45) is 0. The Labute approximate surface area is 187 Å². The number of aromatic nitrogens is 2. The van der Waals surface area contributed by atoms with Crippen molar-refractivity contribution in [2.24, 2.45) is 0 Å². The van der Waals surface area contributed by atoms with E-state index in [1.165, 1.54) is 27.5 Å². The molecular formula is C30H22N2. The number of nitrogens with zero attached hydrogens (tertiary/aromatic N) is 2. The molecule has 6 rings (SSSR count). The van der Waals surface area contributed by atoms with Gasteiger partial charge in [0.1, 0.15) is 0 Å². The Hall–Kier alpha value is -4.17. The van der Waals surface area contributed by atoms with Gasteiger partial charge in [-0.3, -0.25) is 0 Å². The molecule has 2 nitrogen and oxygen atoms in total. The van der Waals surface area contributed by atoms with Gasteiger partial charge in [0, 0.05) is 22.1 Å². The van der Waals surface area contributed by atoms with Crippen LogP contribution in [0.2, 0.25) is 0 Å². The number of benzene rings is 4. The lowest BCUT2D eigenvalue weighted by molar-refractivity contribution is 0.981. The Bertz CT molecular complexity index is 1540. The molecule has 0 aliphatic heterocycles. The average Bonchev–Trinajstić information content (AvgIpc) is 3.30. The van der Waals surface area contributed by atoms with E-state index in [-0.39, 0.29) is 0 Å². The Balaban J connectivity index is 1.79. The lowest BCUT2D eigenvalue weighted by atomic mass is 9.93. The molecule has 0 saturated heterocycles. The summed E-state index contributed by atoms with van der Waals surface area (Å²) in [5, 5.41) is 7.57. The summed E-state index contributed by atoms with van der Waals surface area (Å²) in [6, 6.07) is 40.7. The number of fused-ring (bicyclic) bond motifs is 3. The molecule has 0 saturated carbocycles. The van der Waals surface area contributed by atoms with Gasteiger partial charge in [-0.05, 0) is 23.9 Å². The molecule has 0 spiro atoms. The molecule has 2 heterocycles. The zero-order valence-corrected chi connectivity index (χ0v) is 17.9. The highest BCUT2D eigenvalue weighted by molar-refractivity contribution is 6.10. The lowest BCUT2D eigenvalue weighted by Gasteiger charge is -2.17. The first-order chi connectivity index (χ1) is 15.8. The monoisotopic (exact) mass is 410 g/mol. The van der Waals surface area contributed by atoms with Gasteiger partial charge in [-0.15, -0.1) is 0 Å². The molecule has 6 aromatic rings. The van der Waals surface area contributed by atoms with E-state index in [1.54, 1.807) is 0 Å². The summed E-state index contributed by atoms with van der Waals surface area (Å²) in [6.45, 7) is 2.13. The molecule has 0 atom stereocenters. The van der Waals surface area contributed by atoms with Crippen molar-refractivity contribution in [2.75, 3.05) is 0 Å². The highest BCUT2D eigenvalue weighted by atomic mass is 15.2. The predicted molar refractivity (Wildman–Crippen MR) is 134 cm³/mol. The van der Waals surface area contributed by atoms with Gasteiger partial charge < -0.3 is 0 Å². The van der Waals surface area contributed by atoms with Crippen molar-refractivity contribution in [3.63, 3.8) is 0 Å². The van der Waals surface area contributed by atoms with Gasteiger partial charge in [0.05, 0.1) is 16.9 Å². The fraction of sp³-hybridized carbons (Fsp3) is 0.0333. The maximum atomic E-state index is 5.13. The fourth-order valence-corrected chi connectivity index (χ4v) is 4.53. The van der Waals surface area contributed by atoms with Crippen LogP contribution in [0, 0.1) is 6.92 Å². The van der Waals surface area contributed by atoms with Crippen molar-refractivity contribution in [2.45, 2.75) is 6.92 Å². The fourth-order valence-electron chi connectivity index (χ4n) is 4.53. The van der Waals surface area contributed by atoms with Crippen molar-refractivity contribution in [3.05, 3.63) is 121 Å². The van der Waals surface area contributed by atoms with Crippen LogP contribution in [0.3, 0.4) is 0 Å². The molecule has 0 radical (unpaired) electrons. The van der Waals surface area contributed by atoms with Crippen molar-refractivity contribution < 1.29 is 0 Å². The molecule has 2 heteroatoms. The molecule has 0 bridgehead atoms. The Morgan fingerprint density at radius 2 is 1.16 bits per heavy atom. The van der Waals surface area contributed by atoms with Gasteiger partial charge >= 0.3 is 0 Å². The highest BCUT2D eigenvalue weighted by Crippen LogP contribution is 2.41. The smallest absolute Gasteiger partial charge is 0.0934 e. The van der Waals surface area contributed by atoms with E-state index in [9.17, 15) is 0 Å². The molecular weight excluding hydrogens is 388 g/mol. The van der Waals surface area contributed by atoms with Crippen LogP contribution in [0.5, 0.6) is 0 Å². The van der Waals surface area contributed by atoms with Crippen molar-refractivity contribution >= 4 is 16.3 Å². The number of rotatable bonds is 3. The maximum Gasteiger partial charge on any atom is 0.0934 e. The van der Waals surface area contributed by atoms with Crippen LogP contribution in [-0.2, 0) is 0 Å². The summed E-state index contributed by atoms with van der Waals surface area (Å²) in [7, 11) is 0. The number of hydrogen-bond acceptors (Lipinski definition) is 1. The molecule has 0 aliphatic carbocycles. The van der Waals surface area contributed by atoms with Crippen LogP contribution < -0.4 is 0 Å². The molecule has 0 aliphatic rings. The Kier molecular flexibility index (Phi) is 4.36. The summed E-state index contributed by atoms with van der Waals surface area (Å²) < 4.78 is 2.13. The standard InChI is InChI=1S/C30H22N2/c1-21-16-18-23(19-17-21)29-26-15-9-8-14-25(26)28-20-27(22-10-4-2-5-11-22)31-32(28)30(29)24-12-6-3-7-13-24/h2-20H,1H3. The molecule has 32 heavy (non-hydrogen) atoms. The molecule has 4 aromatic carbocycles. The normalized spacial score (nSPS) is 11.3. The van der Waals surface area contributed by atoms with Crippen LogP contribution in [0.25, 0.3) is 49.9 Å². The third-order valence-electron chi connectivity index (χ3n) is 6.09. The van der Waals surface area contributed by atoms with E-state index in [2.05, 4.69) is 121 Å². The van der Waals surface area contributed by atoms with E-state index >= 15 is 0 Å². The first kappa shape index (κ1) is 18.6. The molecule has 0 fully saturated rings. The second-order valence-electron chi connectivity index (χ2n) is 8.19. The average molecular weight is 411 g/mol. The SMILES string of the molecule is Cc1ccc(-c2c(-c3ccccc3)n3nc(-c4ccccc4)cc3c3ccccc23)cc1. The zero-order chi connectivity index (χ0) is 21.5. The summed E-state index contributed by atoms with van der Waals surface area (Å²) in [4.78, 5) is 0. The predicted octanol–water partition coefficient (Wildman–Crippen LogP) is 7.80. The van der Waals surface area contributed by atoms with Gasteiger partial charge in [-0.25, -0.2) is 4.52 Å². The van der Waals surface area contributed by atoms with Gasteiger partial charge in [0.15, 0.2) is 0 Å². The van der Waals surface area contributed by atoms with Gasteiger partial charge in [-0.1, -0.05) is 115 Å². The van der Waals surface area contributed by atoms with E-state index in [1.807, 2.05) is 6.07 Å². The Morgan fingerprint density at radius 1 is 0.562 bits per heavy atom. The first-order valence-corrected chi connectivity index (χ1v) is 10.9. The summed E-state index contributed by atoms with van der Waals surface area (Å²) >= 11 is 0. The second-order valence-corrected chi connectivity index (χ2v) is 8.19. The van der Waals surface area contributed by atoms with Crippen molar-refractivity contribution in [3.8, 4) is 33.6 Å². The van der Waals surface area contributed by atoms with E-state index in [0.29, 0.717) is 0 Å². The quantitative estimate of drug-likeness (QED) is 0.291. The van der Waals surface area contributed by atoms with Crippen molar-refractivity contribution in [1.29, 1.82) is 0 Å². The van der Waals surface area contributed by atoms with Crippen LogP contribution in [0.15, 0.2) is 115 Å². The number of pyridine rings is 1. The van der Waals surface area contributed by atoms with Crippen molar-refractivity contribution in [1.82, 2.24) is 9.61 Å². The van der Waals surface area contributed by atoms with Crippen LogP contribution in [0.4, 0.5) is 0 Å². The van der Waals surface area contributed by atoms with Crippen LogP contribution in [-0.4, -0.2) is 9.61 Å². The van der Waals surface area contributed by atoms with Gasteiger partial charge in [0.2, 0.25) is 0 Å². The van der Waals surface area contributed by atoms with E-state index < -0.39 is 0 Å². The molecule has 0 unspecified atom stereocenters. The minimum absolute atomic E-state index is 0.981. The van der Waals surface area contributed by atoms with Gasteiger partial charge in [0.25, 0.3) is 0 Å². The largest absolute Gasteiger partial charge is 0.231 e. The minimum atomic E-state index is 0.981. The zero-order valence-electron chi connectivity index (χ0n) is 17.9. The lowest BCUT2D eigenvalue weighted by Crippen LogP contribution is -2.00. The first-order valence-electron chi connectivity index (χ1n) is 10.9. The summed E-state index contributed by atoms with van der Waals surface area (Å²) in [5.74, 6) is 0. The minimum Gasteiger partial charge on any atom is -0.231 e. The second kappa shape index (κ2) is 7.51.